The third-order valence-corrected chi connectivity index (χ3v) is 7.05. The lowest BCUT2D eigenvalue weighted by Gasteiger charge is -2.35. The Morgan fingerprint density at radius 1 is 1.10 bits per heavy atom. The smallest absolute Gasteiger partial charge is 0.254 e. The highest BCUT2D eigenvalue weighted by Gasteiger charge is 2.26. The molecule has 0 spiro atoms. The predicted octanol–water partition coefficient (Wildman–Crippen LogP) is 4.20. The first-order valence-electron chi connectivity index (χ1n) is 10.6. The molecular formula is C24H29N3O2S. The highest BCUT2D eigenvalue weighted by molar-refractivity contribution is 8.00. The molecule has 1 atom stereocenters. The van der Waals surface area contributed by atoms with Gasteiger partial charge < -0.3 is 10.2 Å². The minimum atomic E-state index is -0.103. The second-order valence-electron chi connectivity index (χ2n) is 8.42. The quantitative estimate of drug-likeness (QED) is 0.801. The number of piperazine rings is 1. The number of amides is 2. The summed E-state index contributed by atoms with van der Waals surface area (Å²) in [5.41, 5.74) is 4.07. The molecule has 2 amide bonds. The first-order valence-corrected chi connectivity index (χ1v) is 11.5. The van der Waals surface area contributed by atoms with E-state index in [0.717, 1.165) is 43.3 Å². The van der Waals surface area contributed by atoms with E-state index in [4.69, 9.17) is 0 Å². The van der Waals surface area contributed by atoms with Crippen LogP contribution < -0.4 is 5.32 Å². The van der Waals surface area contributed by atoms with Gasteiger partial charge >= 0.3 is 0 Å². The molecule has 0 aromatic heterocycles. The van der Waals surface area contributed by atoms with E-state index < -0.39 is 0 Å². The van der Waals surface area contributed by atoms with E-state index in [-0.39, 0.29) is 17.1 Å². The Hall–Kier alpha value is -2.31. The number of nitrogens with one attached hydrogen (secondary N) is 1. The maximum absolute atomic E-state index is 13.0. The lowest BCUT2D eigenvalue weighted by molar-refractivity contribution is -0.115. The molecular weight excluding hydrogens is 394 g/mol. The maximum atomic E-state index is 13.0. The average molecular weight is 424 g/mol. The molecule has 0 aliphatic carbocycles. The van der Waals surface area contributed by atoms with Gasteiger partial charge in [0.2, 0.25) is 5.91 Å². The molecule has 4 rings (SSSR count). The van der Waals surface area contributed by atoms with E-state index in [1.165, 1.54) is 22.9 Å². The lowest BCUT2D eigenvalue weighted by Crippen LogP contribution is -2.48. The molecule has 30 heavy (non-hydrogen) atoms. The molecule has 2 heterocycles. The zero-order chi connectivity index (χ0) is 21.3. The highest BCUT2D eigenvalue weighted by atomic mass is 32.2. The second-order valence-corrected chi connectivity index (χ2v) is 9.81. The van der Waals surface area contributed by atoms with Crippen molar-refractivity contribution >= 4 is 29.3 Å². The molecule has 0 radical (unpaired) electrons. The summed E-state index contributed by atoms with van der Waals surface area (Å²) in [6.07, 6.45) is 0. The van der Waals surface area contributed by atoms with Gasteiger partial charge in [0.25, 0.3) is 5.91 Å². The molecule has 2 aliphatic heterocycles. The zero-order valence-electron chi connectivity index (χ0n) is 17.9. The largest absolute Gasteiger partial charge is 0.336 e. The van der Waals surface area contributed by atoms with Crippen LogP contribution in [0.25, 0.3) is 0 Å². The Balaban J connectivity index is 1.34. The van der Waals surface area contributed by atoms with Crippen LogP contribution in [0.3, 0.4) is 0 Å². The molecule has 1 fully saturated rings. The first kappa shape index (κ1) is 20.9. The fourth-order valence-corrected chi connectivity index (χ4v) is 4.83. The van der Waals surface area contributed by atoms with Crippen molar-refractivity contribution in [2.75, 3.05) is 31.5 Å². The molecule has 1 unspecified atom stereocenters. The predicted molar refractivity (Wildman–Crippen MR) is 122 cm³/mol. The third kappa shape index (κ3) is 4.55. The number of thioether (sulfide) groups is 1. The van der Waals surface area contributed by atoms with Crippen LogP contribution in [0.4, 0.5) is 5.69 Å². The van der Waals surface area contributed by atoms with Crippen LogP contribution in [0.2, 0.25) is 0 Å². The molecule has 158 valence electrons. The number of fused-ring (bicyclic) bond motifs is 1. The molecule has 2 aliphatic rings. The lowest BCUT2D eigenvalue weighted by atomic mass is 10.0. The van der Waals surface area contributed by atoms with Crippen molar-refractivity contribution in [3.8, 4) is 0 Å². The van der Waals surface area contributed by atoms with Crippen molar-refractivity contribution in [1.29, 1.82) is 0 Å². The zero-order valence-corrected chi connectivity index (χ0v) is 18.7. The Morgan fingerprint density at radius 2 is 1.80 bits per heavy atom. The first-order chi connectivity index (χ1) is 14.4. The summed E-state index contributed by atoms with van der Waals surface area (Å²) in [5.74, 6) is 0.580. The fraction of sp³-hybridized carbons (Fsp3) is 0.417. The molecule has 6 heteroatoms. The molecule has 0 bridgehead atoms. The number of benzene rings is 2. The maximum Gasteiger partial charge on any atom is 0.254 e. The Bertz CT molecular complexity index is 934. The van der Waals surface area contributed by atoms with Gasteiger partial charge in [-0.3, -0.25) is 14.5 Å². The summed E-state index contributed by atoms with van der Waals surface area (Å²) in [7, 11) is 0. The Labute approximate surface area is 182 Å². The molecule has 1 saturated heterocycles. The van der Waals surface area contributed by atoms with Crippen LogP contribution in [0.15, 0.2) is 47.4 Å². The van der Waals surface area contributed by atoms with Gasteiger partial charge in [0.05, 0.1) is 10.9 Å². The second kappa shape index (κ2) is 8.82. The number of rotatable bonds is 4. The monoisotopic (exact) mass is 423 g/mol. The molecule has 2 aromatic rings. The minimum absolute atomic E-state index is 0.00728. The normalized spacial score (nSPS) is 19.5. The van der Waals surface area contributed by atoms with Crippen molar-refractivity contribution in [2.45, 2.75) is 43.4 Å². The van der Waals surface area contributed by atoms with E-state index in [1.54, 1.807) is 0 Å². The van der Waals surface area contributed by atoms with E-state index in [1.807, 2.05) is 30.0 Å². The van der Waals surface area contributed by atoms with E-state index in [9.17, 15) is 9.59 Å². The van der Waals surface area contributed by atoms with Crippen molar-refractivity contribution < 1.29 is 9.59 Å². The standard InChI is InChI=1S/C24H29N3O2S/c1-16(2)19-6-4-18(5-7-19)15-26-10-12-27(13-11-26)24(29)20-8-9-22-21(14-20)25-23(28)17(3)30-22/h4-9,14,16-17H,10-13,15H2,1-3H3,(H,25,28). The summed E-state index contributed by atoms with van der Waals surface area (Å²) in [5, 5.41) is 2.81. The van der Waals surface area contributed by atoms with Gasteiger partial charge in [-0.05, 0) is 42.2 Å². The van der Waals surface area contributed by atoms with Crippen LogP contribution in [0, 0.1) is 0 Å². The van der Waals surface area contributed by atoms with Crippen molar-refractivity contribution in [1.82, 2.24) is 9.80 Å². The summed E-state index contributed by atoms with van der Waals surface area (Å²) in [6, 6.07) is 14.5. The average Bonchev–Trinajstić information content (AvgIpc) is 2.75. The number of nitrogens with zero attached hydrogens (tertiary/aromatic N) is 2. The number of carbonyl (C=O) groups is 2. The highest BCUT2D eigenvalue weighted by Crippen LogP contribution is 2.36. The summed E-state index contributed by atoms with van der Waals surface area (Å²) in [6.45, 7) is 10.4. The topological polar surface area (TPSA) is 52.7 Å². The van der Waals surface area contributed by atoms with Gasteiger partial charge in [0.15, 0.2) is 0 Å². The van der Waals surface area contributed by atoms with Crippen molar-refractivity contribution in [3.63, 3.8) is 0 Å². The van der Waals surface area contributed by atoms with Crippen LogP contribution in [-0.4, -0.2) is 53.0 Å². The van der Waals surface area contributed by atoms with Gasteiger partial charge in [-0.1, -0.05) is 38.1 Å². The van der Waals surface area contributed by atoms with Gasteiger partial charge in [-0.2, -0.15) is 0 Å². The van der Waals surface area contributed by atoms with Crippen molar-refractivity contribution in [3.05, 3.63) is 59.2 Å². The summed E-state index contributed by atoms with van der Waals surface area (Å²) in [4.78, 5) is 30.3. The molecule has 1 N–H and O–H groups in total. The third-order valence-electron chi connectivity index (χ3n) is 5.87. The molecule has 0 saturated carbocycles. The van der Waals surface area contributed by atoms with Crippen LogP contribution in [0.1, 0.15) is 48.2 Å². The van der Waals surface area contributed by atoms with E-state index in [0.29, 0.717) is 11.5 Å². The van der Waals surface area contributed by atoms with E-state index >= 15 is 0 Å². The van der Waals surface area contributed by atoms with Crippen LogP contribution in [0.5, 0.6) is 0 Å². The van der Waals surface area contributed by atoms with Crippen LogP contribution >= 0.6 is 11.8 Å². The number of hydrogen-bond donors (Lipinski definition) is 1. The van der Waals surface area contributed by atoms with Gasteiger partial charge in [-0.25, -0.2) is 0 Å². The Kier molecular flexibility index (Phi) is 6.16. The fourth-order valence-electron chi connectivity index (χ4n) is 3.90. The van der Waals surface area contributed by atoms with Gasteiger partial charge in [0.1, 0.15) is 0 Å². The van der Waals surface area contributed by atoms with Crippen molar-refractivity contribution in [2.24, 2.45) is 0 Å². The summed E-state index contributed by atoms with van der Waals surface area (Å²) >= 11 is 1.54. The van der Waals surface area contributed by atoms with E-state index in [2.05, 4.69) is 48.3 Å². The Morgan fingerprint density at radius 3 is 2.47 bits per heavy atom. The van der Waals surface area contributed by atoms with Gasteiger partial charge in [-0.15, -0.1) is 11.8 Å². The minimum Gasteiger partial charge on any atom is -0.336 e. The van der Waals surface area contributed by atoms with Gasteiger partial charge in [0, 0.05) is 43.2 Å². The molecule has 5 nitrogen and oxygen atoms in total. The number of carbonyl (C=O) groups excluding carboxylic acids is 2. The SMILES string of the molecule is CC1Sc2ccc(C(=O)N3CCN(Cc4ccc(C(C)C)cc4)CC3)cc2NC1=O. The molecule has 2 aromatic carbocycles. The summed E-state index contributed by atoms with van der Waals surface area (Å²) < 4.78 is 0. The number of anilines is 1. The number of hydrogen-bond acceptors (Lipinski definition) is 4. The van der Waals surface area contributed by atoms with Crippen LogP contribution in [-0.2, 0) is 11.3 Å².